The number of benzene rings is 1. The predicted octanol–water partition coefficient (Wildman–Crippen LogP) is 4.36. The van der Waals surface area contributed by atoms with Gasteiger partial charge in [0.25, 0.3) is 11.5 Å². The lowest BCUT2D eigenvalue weighted by molar-refractivity contribution is 0.0938. The molecule has 1 atom stereocenters. The Bertz CT molecular complexity index is 1440. The van der Waals surface area contributed by atoms with E-state index in [0.29, 0.717) is 24.7 Å². The monoisotopic (exact) mass is 537 g/mol. The van der Waals surface area contributed by atoms with Crippen LogP contribution in [0.2, 0.25) is 0 Å². The van der Waals surface area contributed by atoms with Crippen LogP contribution < -0.4 is 15.8 Å². The highest BCUT2D eigenvalue weighted by Gasteiger charge is 2.28. The number of nitrogens with one attached hydrogen (secondary N) is 1. The molecule has 0 saturated carbocycles. The number of hydrogen-bond donors (Lipinski definition) is 1. The van der Waals surface area contributed by atoms with E-state index in [1.165, 1.54) is 12.1 Å². The lowest BCUT2D eigenvalue weighted by Gasteiger charge is -2.18. The number of hydrogen-bond acceptors (Lipinski definition) is 5. The van der Waals surface area contributed by atoms with Crippen molar-refractivity contribution in [3.63, 3.8) is 0 Å². The second-order valence-corrected chi connectivity index (χ2v) is 9.83. The molecule has 1 fully saturated rings. The van der Waals surface area contributed by atoms with E-state index in [0.717, 1.165) is 30.1 Å². The normalized spacial score (nSPS) is 14.6. The summed E-state index contributed by atoms with van der Waals surface area (Å²) in [7, 11) is 1.83. The van der Waals surface area contributed by atoms with Gasteiger partial charge in [0.15, 0.2) is 5.65 Å². The van der Waals surface area contributed by atoms with Crippen LogP contribution in [0.3, 0.4) is 0 Å². The molecule has 10 heteroatoms. The molecule has 0 aliphatic carbocycles. The molecular formula is C29H40FN7O2. The summed E-state index contributed by atoms with van der Waals surface area (Å²) >= 11 is 0. The van der Waals surface area contributed by atoms with Gasteiger partial charge in [-0.2, -0.15) is 0 Å². The van der Waals surface area contributed by atoms with E-state index in [4.69, 9.17) is 0 Å². The van der Waals surface area contributed by atoms with Crippen molar-refractivity contribution in [2.45, 2.75) is 60.5 Å². The molecule has 1 aliphatic heterocycles. The topological polar surface area (TPSA) is 89.5 Å². The van der Waals surface area contributed by atoms with Crippen molar-refractivity contribution in [1.82, 2.24) is 29.3 Å². The molecule has 4 heterocycles. The number of carbonyl (C=O) groups excluding carboxylic acids is 1. The van der Waals surface area contributed by atoms with Crippen LogP contribution >= 0.6 is 0 Å². The minimum absolute atomic E-state index is 0.0311. The molecule has 39 heavy (non-hydrogen) atoms. The van der Waals surface area contributed by atoms with Gasteiger partial charge >= 0.3 is 0 Å². The first kappa shape index (κ1) is 29.6. The number of rotatable bonds is 5. The van der Waals surface area contributed by atoms with Gasteiger partial charge in [0, 0.05) is 38.4 Å². The molecule has 3 aromatic heterocycles. The molecule has 0 bridgehead atoms. The number of fused-ring (bicyclic) bond motifs is 1. The maximum absolute atomic E-state index is 12.9. The Kier molecular flexibility index (Phi) is 10.0. The fourth-order valence-corrected chi connectivity index (χ4v) is 4.48. The highest BCUT2D eigenvalue weighted by molar-refractivity contribution is 5.95. The molecule has 1 N–H and O–H groups in total. The van der Waals surface area contributed by atoms with Crippen molar-refractivity contribution < 1.29 is 9.18 Å². The highest BCUT2D eigenvalue weighted by Crippen LogP contribution is 2.19. The summed E-state index contributed by atoms with van der Waals surface area (Å²) in [6.07, 6.45) is 2.60. The van der Waals surface area contributed by atoms with Gasteiger partial charge in [0.05, 0.1) is 11.9 Å². The van der Waals surface area contributed by atoms with Crippen molar-refractivity contribution >= 4 is 17.4 Å². The Morgan fingerprint density at radius 2 is 1.82 bits per heavy atom. The van der Waals surface area contributed by atoms with Gasteiger partial charge < -0.3 is 10.2 Å². The zero-order valence-electron chi connectivity index (χ0n) is 24.0. The number of aryl methyl sites for hydroxylation is 1. The molecule has 1 aromatic carbocycles. The van der Waals surface area contributed by atoms with E-state index in [1.54, 1.807) is 33.8 Å². The molecule has 0 spiro atoms. The summed E-state index contributed by atoms with van der Waals surface area (Å²) in [5.74, 6) is 0.702. The van der Waals surface area contributed by atoms with Crippen LogP contribution in [-0.2, 0) is 13.6 Å². The summed E-state index contributed by atoms with van der Waals surface area (Å²) in [5.41, 5.74) is 2.50. The fourth-order valence-electron chi connectivity index (χ4n) is 4.48. The maximum atomic E-state index is 12.9. The standard InChI is InChI=1S/C21H29N7O2.C6H5F.C2H6/c1-13(2)11-27-21(30)19(15(4)25(27)5)20(29)23-16-8-9-26(12-16)18-7-6-17-22-10-14(3)28(17)24-18;7-6-4-2-1-3-5-6;1-2/h6-7,10,13,16H,8-9,11-12H2,1-5H3,(H,23,29);1-5H;1-2H3/t16-;;/m0../s1. The summed E-state index contributed by atoms with van der Waals surface area (Å²) < 4.78 is 17.2. The van der Waals surface area contributed by atoms with E-state index in [-0.39, 0.29) is 28.9 Å². The molecular weight excluding hydrogens is 497 g/mol. The van der Waals surface area contributed by atoms with Gasteiger partial charge in [0.1, 0.15) is 17.2 Å². The summed E-state index contributed by atoms with van der Waals surface area (Å²) in [6.45, 7) is 13.9. The summed E-state index contributed by atoms with van der Waals surface area (Å²) in [4.78, 5) is 32.2. The first-order chi connectivity index (χ1) is 18.7. The number of halogens is 1. The van der Waals surface area contributed by atoms with Crippen molar-refractivity contribution in [2.75, 3.05) is 18.0 Å². The molecule has 1 aliphatic rings. The van der Waals surface area contributed by atoms with Gasteiger partial charge in [-0.1, -0.05) is 45.9 Å². The van der Waals surface area contributed by atoms with Crippen molar-refractivity contribution in [3.8, 4) is 0 Å². The Morgan fingerprint density at radius 1 is 1.13 bits per heavy atom. The number of amides is 1. The third-order valence-electron chi connectivity index (χ3n) is 6.52. The maximum Gasteiger partial charge on any atom is 0.279 e. The lowest BCUT2D eigenvalue weighted by atomic mass is 10.2. The summed E-state index contributed by atoms with van der Waals surface area (Å²) in [5, 5.41) is 7.73. The van der Waals surface area contributed by atoms with Gasteiger partial charge in [0.2, 0.25) is 0 Å². The quantitative estimate of drug-likeness (QED) is 0.409. The first-order valence-corrected chi connectivity index (χ1v) is 13.5. The van der Waals surface area contributed by atoms with Crippen LogP contribution in [0.25, 0.3) is 5.65 Å². The van der Waals surface area contributed by atoms with Crippen LogP contribution in [0.1, 0.15) is 55.9 Å². The Balaban J connectivity index is 0.000000401. The zero-order valence-corrected chi connectivity index (χ0v) is 24.0. The Morgan fingerprint density at radius 3 is 2.44 bits per heavy atom. The molecule has 9 nitrogen and oxygen atoms in total. The lowest BCUT2D eigenvalue weighted by Crippen LogP contribution is -2.39. The third-order valence-corrected chi connectivity index (χ3v) is 6.52. The van der Waals surface area contributed by atoms with Crippen LogP contribution in [0.15, 0.2) is 53.5 Å². The Labute approximate surface area is 229 Å². The molecule has 1 amide bonds. The average molecular weight is 538 g/mol. The number of nitrogens with zero attached hydrogens (tertiary/aromatic N) is 6. The van der Waals surface area contributed by atoms with Crippen molar-refractivity contribution in [1.29, 1.82) is 0 Å². The van der Waals surface area contributed by atoms with E-state index in [2.05, 4.69) is 34.1 Å². The van der Waals surface area contributed by atoms with E-state index >= 15 is 0 Å². The fraction of sp³-hybridized carbons (Fsp3) is 0.448. The molecule has 1 saturated heterocycles. The number of anilines is 1. The van der Waals surface area contributed by atoms with Gasteiger partial charge in [-0.3, -0.25) is 14.3 Å². The number of imidazole rings is 1. The Hall–Kier alpha value is -3.95. The van der Waals surface area contributed by atoms with E-state index in [9.17, 15) is 14.0 Å². The third kappa shape index (κ3) is 6.93. The average Bonchev–Trinajstić information content (AvgIpc) is 3.59. The van der Waals surface area contributed by atoms with Crippen molar-refractivity contribution in [3.05, 3.63) is 81.8 Å². The smallest absolute Gasteiger partial charge is 0.279 e. The predicted molar refractivity (Wildman–Crippen MR) is 153 cm³/mol. The second kappa shape index (κ2) is 13.2. The molecule has 0 unspecified atom stereocenters. The zero-order chi connectivity index (χ0) is 28.7. The van der Waals surface area contributed by atoms with Gasteiger partial charge in [-0.15, -0.1) is 5.10 Å². The molecule has 4 aromatic rings. The number of aromatic nitrogens is 5. The SMILES string of the molecule is CC.Cc1c(C(=O)N[C@H]2CCN(c3ccc4ncc(C)n4n3)C2)c(=O)n(CC(C)C)n1C.Fc1ccccc1. The molecule has 5 rings (SSSR count). The van der Waals surface area contributed by atoms with Crippen molar-refractivity contribution in [2.24, 2.45) is 13.0 Å². The van der Waals surface area contributed by atoms with Gasteiger partial charge in [-0.25, -0.2) is 18.6 Å². The minimum atomic E-state index is -0.295. The first-order valence-electron chi connectivity index (χ1n) is 13.5. The van der Waals surface area contributed by atoms with Gasteiger partial charge in [-0.05, 0) is 50.5 Å². The van der Waals surface area contributed by atoms with E-state index < -0.39 is 0 Å². The highest BCUT2D eigenvalue weighted by atomic mass is 19.1. The van der Waals surface area contributed by atoms with E-state index in [1.807, 2.05) is 51.4 Å². The van der Waals surface area contributed by atoms with Crippen LogP contribution in [0, 0.1) is 25.6 Å². The molecule has 210 valence electrons. The molecule has 0 radical (unpaired) electrons. The minimum Gasteiger partial charge on any atom is -0.353 e. The van der Waals surface area contributed by atoms with Crippen LogP contribution in [0.4, 0.5) is 10.2 Å². The number of carbonyl (C=O) groups is 1. The van der Waals surface area contributed by atoms with Crippen LogP contribution in [-0.4, -0.2) is 49.0 Å². The summed E-state index contributed by atoms with van der Waals surface area (Å²) in [6, 6.07) is 11.8. The largest absolute Gasteiger partial charge is 0.353 e. The second-order valence-electron chi connectivity index (χ2n) is 9.83. The van der Waals surface area contributed by atoms with Crippen LogP contribution in [0.5, 0.6) is 0 Å².